The van der Waals surface area contributed by atoms with Crippen molar-refractivity contribution in [2.75, 3.05) is 0 Å². The summed E-state index contributed by atoms with van der Waals surface area (Å²) >= 11 is 7.38. The molecule has 0 aliphatic heterocycles. The van der Waals surface area contributed by atoms with E-state index in [9.17, 15) is 9.59 Å². The van der Waals surface area contributed by atoms with Crippen molar-refractivity contribution >= 4 is 38.9 Å². The van der Waals surface area contributed by atoms with E-state index >= 15 is 0 Å². The van der Waals surface area contributed by atoms with Crippen molar-refractivity contribution in [1.29, 1.82) is 0 Å². The van der Waals surface area contributed by atoms with Crippen molar-refractivity contribution in [3.63, 3.8) is 0 Å². The predicted octanol–water partition coefficient (Wildman–Crippen LogP) is 5.22. The number of carbonyl (C=O) groups is 1. The number of aromatic nitrogens is 2. The molecular formula is C21H15ClN2O2S. The standard InChI is InChI=1S/C21H15ClN2O2S/c1-13(19(25)15-5-3-2-4-6-15)24-12-23-20-18(21(24)26)17(11-27-20)14-7-9-16(22)10-8-14/h2-13H,1H3. The van der Waals surface area contributed by atoms with Crippen molar-refractivity contribution in [1.82, 2.24) is 9.55 Å². The van der Waals surface area contributed by atoms with Gasteiger partial charge >= 0.3 is 0 Å². The van der Waals surface area contributed by atoms with Gasteiger partial charge in [-0.15, -0.1) is 11.3 Å². The van der Waals surface area contributed by atoms with Crippen LogP contribution in [0.5, 0.6) is 0 Å². The van der Waals surface area contributed by atoms with Crippen LogP contribution in [0.3, 0.4) is 0 Å². The Hall–Kier alpha value is -2.76. The van der Waals surface area contributed by atoms with Gasteiger partial charge in [0.05, 0.1) is 17.8 Å². The molecule has 0 aliphatic rings. The lowest BCUT2D eigenvalue weighted by Gasteiger charge is -2.14. The van der Waals surface area contributed by atoms with Gasteiger partial charge in [-0.3, -0.25) is 14.2 Å². The van der Waals surface area contributed by atoms with Crippen LogP contribution in [0.15, 0.2) is 71.1 Å². The SMILES string of the molecule is CC(C(=O)c1ccccc1)n1cnc2scc(-c3ccc(Cl)cc3)c2c1=O. The fraction of sp³-hybridized carbons (Fsp3) is 0.0952. The topological polar surface area (TPSA) is 52.0 Å². The molecule has 4 aromatic rings. The first-order valence-electron chi connectivity index (χ1n) is 8.40. The molecule has 2 aromatic heterocycles. The quantitative estimate of drug-likeness (QED) is 0.446. The highest BCUT2D eigenvalue weighted by Crippen LogP contribution is 2.31. The molecule has 6 heteroatoms. The Morgan fingerprint density at radius 1 is 1.11 bits per heavy atom. The number of rotatable bonds is 4. The second-order valence-corrected chi connectivity index (χ2v) is 7.49. The van der Waals surface area contributed by atoms with E-state index in [0.29, 0.717) is 20.8 Å². The van der Waals surface area contributed by atoms with Crippen molar-refractivity contribution in [3.05, 3.63) is 87.2 Å². The van der Waals surface area contributed by atoms with Gasteiger partial charge in [0.1, 0.15) is 4.83 Å². The second kappa shape index (κ2) is 7.10. The largest absolute Gasteiger partial charge is 0.292 e. The van der Waals surface area contributed by atoms with Gasteiger partial charge in [-0.25, -0.2) is 4.98 Å². The Balaban J connectivity index is 1.82. The molecule has 2 aromatic carbocycles. The summed E-state index contributed by atoms with van der Waals surface area (Å²) < 4.78 is 1.41. The molecule has 0 saturated heterocycles. The smallest absolute Gasteiger partial charge is 0.263 e. The molecule has 134 valence electrons. The third-order valence-corrected chi connectivity index (χ3v) is 5.67. The van der Waals surface area contributed by atoms with Crippen molar-refractivity contribution in [2.45, 2.75) is 13.0 Å². The third kappa shape index (κ3) is 3.20. The van der Waals surface area contributed by atoms with E-state index in [1.54, 1.807) is 31.2 Å². The Morgan fingerprint density at radius 2 is 1.81 bits per heavy atom. The fourth-order valence-electron chi connectivity index (χ4n) is 3.03. The average molecular weight is 395 g/mol. The maximum Gasteiger partial charge on any atom is 0.263 e. The van der Waals surface area contributed by atoms with E-state index in [1.165, 1.54) is 22.2 Å². The van der Waals surface area contributed by atoms with Crippen molar-refractivity contribution in [3.8, 4) is 11.1 Å². The van der Waals surface area contributed by atoms with Crippen LogP contribution in [0.25, 0.3) is 21.3 Å². The zero-order valence-electron chi connectivity index (χ0n) is 14.4. The van der Waals surface area contributed by atoms with Crippen LogP contribution in [0.4, 0.5) is 0 Å². The van der Waals surface area contributed by atoms with Crippen molar-refractivity contribution < 1.29 is 4.79 Å². The van der Waals surface area contributed by atoms with Crippen LogP contribution in [0.2, 0.25) is 5.02 Å². The van der Waals surface area contributed by atoms with Gasteiger partial charge in [-0.1, -0.05) is 54.1 Å². The number of Topliss-reactive ketones (excluding diaryl/α,β-unsaturated/α-hetero) is 1. The number of fused-ring (bicyclic) bond motifs is 1. The van der Waals surface area contributed by atoms with Crippen LogP contribution in [0.1, 0.15) is 23.3 Å². The van der Waals surface area contributed by atoms with Gasteiger partial charge in [0.25, 0.3) is 5.56 Å². The highest BCUT2D eigenvalue weighted by atomic mass is 35.5. The molecule has 27 heavy (non-hydrogen) atoms. The molecule has 1 atom stereocenters. The summed E-state index contributed by atoms with van der Waals surface area (Å²) in [5, 5.41) is 3.07. The summed E-state index contributed by atoms with van der Waals surface area (Å²) in [6, 6.07) is 15.6. The normalized spacial score (nSPS) is 12.2. The summed E-state index contributed by atoms with van der Waals surface area (Å²) in [5.41, 5.74) is 2.05. The first kappa shape index (κ1) is 17.6. The monoisotopic (exact) mass is 394 g/mol. The van der Waals surface area contributed by atoms with Crippen molar-refractivity contribution in [2.24, 2.45) is 0 Å². The summed E-state index contributed by atoms with van der Waals surface area (Å²) in [5.74, 6) is -0.123. The summed E-state index contributed by atoms with van der Waals surface area (Å²) in [4.78, 5) is 31.0. The maximum atomic E-state index is 13.2. The summed E-state index contributed by atoms with van der Waals surface area (Å²) in [6.45, 7) is 1.72. The molecule has 2 heterocycles. The van der Waals surface area contributed by atoms with Gasteiger partial charge in [0.2, 0.25) is 0 Å². The zero-order chi connectivity index (χ0) is 19.0. The number of hydrogen-bond donors (Lipinski definition) is 0. The number of nitrogens with zero attached hydrogens (tertiary/aromatic N) is 2. The molecule has 4 nitrogen and oxygen atoms in total. The van der Waals surface area contributed by atoms with E-state index in [-0.39, 0.29) is 11.3 Å². The van der Waals surface area contributed by atoms with Gasteiger partial charge in [0, 0.05) is 21.5 Å². The maximum absolute atomic E-state index is 13.2. The minimum absolute atomic E-state index is 0.123. The van der Waals surface area contributed by atoms with E-state index in [2.05, 4.69) is 4.98 Å². The Bertz CT molecular complexity index is 1180. The lowest BCUT2D eigenvalue weighted by Crippen LogP contribution is -2.28. The van der Waals surface area contributed by atoms with Crippen LogP contribution in [-0.2, 0) is 0 Å². The molecular weight excluding hydrogens is 380 g/mol. The molecule has 1 unspecified atom stereocenters. The van der Waals surface area contributed by atoms with E-state index in [1.807, 2.05) is 35.7 Å². The Morgan fingerprint density at radius 3 is 2.52 bits per heavy atom. The number of halogens is 1. The molecule has 4 rings (SSSR count). The zero-order valence-corrected chi connectivity index (χ0v) is 16.0. The van der Waals surface area contributed by atoms with Gasteiger partial charge in [0.15, 0.2) is 5.78 Å². The predicted molar refractivity (Wildman–Crippen MR) is 110 cm³/mol. The van der Waals surface area contributed by atoms with Gasteiger partial charge < -0.3 is 0 Å². The number of hydrogen-bond acceptors (Lipinski definition) is 4. The van der Waals surface area contributed by atoms with Crippen LogP contribution in [-0.4, -0.2) is 15.3 Å². The van der Waals surface area contributed by atoms with Crippen LogP contribution >= 0.6 is 22.9 Å². The number of carbonyl (C=O) groups excluding carboxylic acids is 1. The van der Waals surface area contributed by atoms with Gasteiger partial charge in [-0.2, -0.15) is 0 Å². The third-order valence-electron chi connectivity index (χ3n) is 4.53. The number of thiophene rings is 1. The fourth-order valence-corrected chi connectivity index (χ4v) is 4.07. The van der Waals surface area contributed by atoms with Crippen LogP contribution < -0.4 is 5.56 Å². The first-order chi connectivity index (χ1) is 13.1. The Labute approximate surface area is 164 Å². The minimum atomic E-state index is -0.644. The highest BCUT2D eigenvalue weighted by molar-refractivity contribution is 7.17. The van der Waals surface area contributed by atoms with E-state index < -0.39 is 6.04 Å². The van der Waals surface area contributed by atoms with Crippen LogP contribution in [0, 0.1) is 0 Å². The van der Waals surface area contributed by atoms with Gasteiger partial charge in [-0.05, 0) is 24.6 Å². The van der Waals surface area contributed by atoms with E-state index in [0.717, 1.165) is 11.1 Å². The lowest BCUT2D eigenvalue weighted by atomic mass is 10.0. The summed E-state index contributed by atoms with van der Waals surface area (Å²) in [6.07, 6.45) is 1.46. The molecule has 0 spiro atoms. The minimum Gasteiger partial charge on any atom is -0.292 e. The van der Waals surface area contributed by atoms with E-state index in [4.69, 9.17) is 11.6 Å². The number of ketones is 1. The molecule has 0 bridgehead atoms. The molecule has 0 radical (unpaired) electrons. The average Bonchev–Trinajstić information content (AvgIpc) is 3.13. The lowest BCUT2D eigenvalue weighted by molar-refractivity contribution is 0.0932. The molecule has 0 fully saturated rings. The summed E-state index contributed by atoms with van der Waals surface area (Å²) in [7, 11) is 0. The highest BCUT2D eigenvalue weighted by Gasteiger charge is 2.21. The molecule has 0 aliphatic carbocycles. The number of benzene rings is 2. The first-order valence-corrected chi connectivity index (χ1v) is 9.65. The second-order valence-electron chi connectivity index (χ2n) is 6.20. The molecule has 0 N–H and O–H groups in total. The Kier molecular flexibility index (Phi) is 4.64. The molecule has 0 amide bonds. The molecule has 0 saturated carbocycles.